The van der Waals surface area contributed by atoms with E-state index in [0.717, 1.165) is 12.1 Å². The lowest BCUT2D eigenvalue weighted by Gasteiger charge is -2.21. The van der Waals surface area contributed by atoms with Crippen LogP contribution in [0.5, 0.6) is 0 Å². The van der Waals surface area contributed by atoms with Crippen molar-refractivity contribution in [1.82, 2.24) is 10.4 Å². The largest absolute Gasteiger partial charge is 0.418 e. The Morgan fingerprint density at radius 2 is 2.05 bits per heavy atom. The van der Waals surface area contributed by atoms with Crippen LogP contribution in [0.25, 0.3) is 0 Å². The molecule has 0 saturated carbocycles. The van der Waals surface area contributed by atoms with Crippen LogP contribution in [0, 0.1) is 5.82 Å². The molecule has 2 amide bonds. The molecule has 0 atom stereocenters. The molecule has 118 valence electrons. The highest BCUT2D eigenvalue weighted by molar-refractivity contribution is 5.89. The zero-order valence-electron chi connectivity index (χ0n) is 11.2. The summed E-state index contributed by atoms with van der Waals surface area (Å²) in [5, 5.41) is 12.1. The van der Waals surface area contributed by atoms with Crippen molar-refractivity contribution in [2.75, 3.05) is 25.0 Å². The summed E-state index contributed by atoms with van der Waals surface area (Å²) in [6.45, 7) is 1.94. The van der Waals surface area contributed by atoms with Crippen LogP contribution in [0.3, 0.4) is 0 Å². The van der Waals surface area contributed by atoms with Gasteiger partial charge in [-0.25, -0.2) is 14.2 Å². The highest BCUT2D eigenvalue weighted by Gasteiger charge is 2.34. The molecule has 5 nitrogen and oxygen atoms in total. The topological polar surface area (TPSA) is 64.6 Å². The van der Waals surface area contributed by atoms with Gasteiger partial charge in [0, 0.05) is 13.1 Å². The van der Waals surface area contributed by atoms with Crippen LogP contribution < -0.4 is 10.7 Å². The SMILES string of the molecule is CCN(CCO)NC(=O)Nc1ccc(F)cc1C(F)(F)F. The molecule has 0 radical (unpaired) electrons. The molecule has 1 rings (SSSR count). The number of hydrogen-bond donors (Lipinski definition) is 3. The second-order valence-corrected chi connectivity index (χ2v) is 4.06. The number of nitrogens with zero attached hydrogens (tertiary/aromatic N) is 1. The Morgan fingerprint density at radius 1 is 1.38 bits per heavy atom. The molecule has 0 fully saturated rings. The monoisotopic (exact) mass is 309 g/mol. The molecule has 0 saturated heterocycles. The molecule has 1 aromatic carbocycles. The lowest BCUT2D eigenvalue weighted by molar-refractivity contribution is -0.137. The van der Waals surface area contributed by atoms with Crippen molar-refractivity contribution in [3.8, 4) is 0 Å². The average molecular weight is 309 g/mol. The lowest BCUT2D eigenvalue weighted by Crippen LogP contribution is -2.45. The fourth-order valence-electron chi connectivity index (χ4n) is 1.57. The van der Waals surface area contributed by atoms with Gasteiger partial charge in [-0.15, -0.1) is 0 Å². The third kappa shape index (κ3) is 5.20. The molecule has 0 spiro atoms. The van der Waals surface area contributed by atoms with E-state index in [1.807, 2.05) is 5.32 Å². The first kappa shape index (κ1) is 17.2. The molecule has 3 N–H and O–H groups in total. The fourth-order valence-corrected chi connectivity index (χ4v) is 1.57. The third-order valence-corrected chi connectivity index (χ3v) is 2.55. The van der Waals surface area contributed by atoms with Crippen LogP contribution in [-0.2, 0) is 6.18 Å². The van der Waals surface area contributed by atoms with E-state index in [1.165, 1.54) is 5.01 Å². The highest BCUT2D eigenvalue weighted by Crippen LogP contribution is 2.35. The van der Waals surface area contributed by atoms with Crippen LogP contribution in [0.2, 0.25) is 0 Å². The predicted molar refractivity (Wildman–Crippen MR) is 67.9 cm³/mol. The molecular formula is C12H15F4N3O2. The molecule has 0 aromatic heterocycles. The van der Waals surface area contributed by atoms with Gasteiger partial charge in [0.05, 0.1) is 17.9 Å². The number of likely N-dealkylation sites (N-methyl/N-ethyl adjacent to an activating group) is 1. The molecule has 21 heavy (non-hydrogen) atoms. The van der Waals surface area contributed by atoms with Crippen molar-refractivity contribution >= 4 is 11.7 Å². The van der Waals surface area contributed by atoms with Crippen molar-refractivity contribution in [3.05, 3.63) is 29.6 Å². The molecule has 0 aliphatic heterocycles. The minimum atomic E-state index is -4.79. The summed E-state index contributed by atoms with van der Waals surface area (Å²) in [7, 11) is 0. The normalized spacial score (nSPS) is 11.6. The van der Waals surface area contributed by atoms with E-state index in [9.17, 15) is 22.4 Å². The maximum atomic E-state index is 12.9. The van der Waals surface area contributed by atoms with Gasteiger partial charge in [-0.1, -0.05) is 6.92 Å². The number of carbonyl (C=O) groups excluding carboxylic acids is 1. The Morgan fingerprint density at radius 3 is 2.57 bits per heavy atom. The Bertz CT molecular complexity index is 494. The van der Waals surface area contributed by atoms with Crippen molar-refractivity contribution in [2.24, 2.45) is 0 Å². The molecule has 1 aromatic rings. The Kier molecular flexibility index (Phi) is 5.91. The smallest absolute Gasteiger partial charge is 0.395 e. The Labute approximate surface area is 118 Å². The summed E-state index contributed by atoms with van der Waals surface area (Å²) < 4.78 is 51.2. The molecule has 0 aliphatic rings. The molecule has 9 heteroatoms. The van der Waals surface area contributed by atoms with E-state index in [1.54, 1.807) is 6.92 Å². The van der Waals surface area contributed by atoms with Crippen LogP contribution in [0.15, 0.2) is 18.2 Å². The van der Waals surface area contributed by atoms with Crippen LogP contribution in [0.4, 0.5) is 28.0 Å². The number of urea groups is 1. The number of nitrogens with one attached hydrogen (secondary N) is 2. The number of hydrogen-bond acceptors (Lipinski definition) is 3. The third-order valence-electron chi connectivity index (χ3n) is 2.55. The number of carbonyl (C=O) groups is 1. The second-order valence-electron chi connectivity index (χ2n) is 4.06. The number of amides is 2. The maximum absolute atomic E-state index is 12.9. The number of aliphatic hydroxyl groups excluding tert-OH is 1. The van der Waals surface area contributed by atoms with Gasteiger partial charge >= 0.3 is 12.2 Å². The number of alkyl halides is 3. The summed E-state index contributed by atoms with van der Waals surface area (Å²) in [5.41, 5.74) is 0.442. The molecule has 0 heterocycles. The van der Waals surface area contributed by atoms with E-state index in [4.69, 9.17) is 5.11 Å². The van der Waals surface area contributed by atoms with E-state index in [-0.39, 0.29) is 13.2 Å². The molecule has 0 bridgehead atoms. The summed E-state index contributed by atoms with van der Waals surface area (Å²) in [6, 6.07) is 1.04. The van der Waals surface area contributed by atoms with Crippen LogP contribution >= 0.6 is 0 Å². The lowest BCUT2D eigenvalue weighted by atomic mass is 10.1. The van der Waals surface area contributed by atoms with Crippen molar-refractivity contribution in [1.29, 1.82) is 0 Å². The van der Waals surface area contributed by atoms with Gasteiger partial charge < -0.3 is 10.4 Å². The summed E-state index contributed by atoms with van der Waals surface area (Å²) in [6.07, 6.45) is -4.79. The Hall–Kier alpha value is -1.87. The van der Waals surface area contributed by atoms with Crippen LogP contribution in [-0.4, -0.2) is 35.8 Å². The number of halogens is 4. The number of rotatable bonds is 5. The first-order chi connectivity index (χ1) is 9.77. The highest BCUT2D eigenvalue weighted by atomic mass is 19.4. The number of hydrazine groups is 1. The van der Waals surface area contributed by atoms with Crippen molar-refractivity contribution in [2.45, 2.75) is 13.1 Å². The zero-order chi connectivity index (χ0) is 16.0. The molecule has 0 unspecified atom stereocenters. The minimum absolute atomic E-state index is 0.124. The van der Waals surface area contributed by atoms with Crippen LogP contribution in [0.1, 0.15) is 12.5 Å². The van der Waals surface area contributed by atoms with Crippen molar-refractivity contribution in [3.63, 3.8) is 0 Å². The fraction of sp³-hybridized carbons (Fsp3) is 0.417. The predicted octanol–water partition coefficient (Wildman–Crippen LogP) is 2.20. The van der Waals surface area contributed by atoms with Gasteiger partial charge in [-0.2, -0.15) is 13.2 Å². The van der Waals surface area contributed by atoms with Gasteiger partial charge in [0.25, 0.3) is 0 Å². The van der Waals surface area contributed by atoms with E-state index >= 15 is 0 Å². The summed E-state index contributed by atoms with van der Waals surface area (Å²) >= 11 is 0. The van der Waals surface area contributed by atoms with Gasteiger partial charge in [0.1, 0.15) is 5.82 Å². The molecule has 0 aliphatic carbocycles. The molecular weight excluding hydrogens is 294 g/mol. The maximum Gasteiger partial charge on any atom is 0.418 e. The van der Waals surface area contributed by atoms with Gasteiger partial charge in [-0.3, -0.25) is 5.43 Å². The van der Waals surface area contributed by atoms with Crippen molar-refractivity contribution < 1.29 is 27.5 Å². The average Bonchev–Trinajstić information content (AvgIpc) is 2.39. The Balaban J connectivity index is 2.85. The first-order valence-corrected chi connectivity index (χ1v) is 6.08. The van der Waals surface area contributed by atoms with E-state index in [0.29, 0.717) is 12.6 Å². The first-order valence-electron chi connectivity index (χ1n) is 6.08. The standard InChI is InChI=1S/C12H15F4N3O2/c1-2-19(5-6-20)18-11(21)17-10-4-3-8(13)7-9(10)12(14,15)16/h3-4,7,20H,2,5-6H2,1H3,(H2,17,18,21). The van der Waals surface area contributed by atoms with E-state index in [2.05, 4.69) is 5.43 Å². The second kappa shape index (κ2) is 7.23. The van der Waals surface area contributed by atoms with Gasteiger partial charge in [0.15, 0.2) is 0 Å². The van der Waals surface area contributed by atoms with E-state index < -0.39 is 29.3 Å². The summed E-state index contributed by atoms with van der Waals surface area (Å²) in [5.74, 6) is -1.05. The van der Waals surface area contributed by atoms with Gasteiger partial charge in [-0.05, 0) is 18.2 Å². The number of benzene rings is 1. The summed E-state index contributed by atoms with van der Waals surface area (Å²) in [4.78, 5) is 11.6. The quantitative estimate of drug-likeness (QED) is 0.577. The minimum Gasteiger partial charge on any atom is -0.395 e. The number of aliphatic hydroxyl groups is 1. The van der Waals surface area contributed by atoms with Gasteiger partial charge in [0.2, 0.25) is 0 Å². The number of anilines is 1. The zero-order valence-corrected chi connectivity index (χ0v) is 11.2.